The lowest BCUT2D eigenvalue weighted by Crippen LogP contribution is -2.55. The van der Waals surface area contributed by atoms with Crippen LogP contribution in [0.5, 0.6) is 0 Å². The van der Waals surface area contributed by atoms with E-state index in [1.54, 1.807) is 36.4 Å². The number of ether oxygens (including phenoxy) is 2. The number of nitrogens with one attached hydrogen (secondary N) is 2. The molecule has 11 nitrogen and oxygen atoms in total. The van der Waals surface area contributed by atoms with E-state index < -0.39 is 30.1 Å². The van der Waals surface area contributed by atoms with E-state index in [9.17, 15) is 19.5 Å². The molecule has 2 aliphatic heterocycles. The number of benzene rings is 2. The molecule has 2 aromatic rings. The highest BCUT2D eigenvalue weighted by molar-refractivity contribution is 6.04. The molecule has 0 bridgehead atoms. The Morgan fingerprint density at radius 2 is 1.64 bits per heavy atom. The van der Waals surface area contributed by atoms with E-state index in [2.05, 4.69) is 5.32 Å². The van der Waals surface area contributed by atoms with Crippen LogP contribution in [0.25, 0.3) is 0 Å². The van der Waals surface area contributed by atoms with E-state index >= 15 is 0 Å². The van der Waals surface area contributed by atoms with Crippen LogP contribution in [0.2, 0.25) is 0 Å². The van der Waals surface area contributed by atoms with E-state index in [4.69, 9.17) is 20.6 Å². The molecule has 0 aliphatic carbocycles. The molecule has 0 saturated carbocycles. The van der Waals surface area contributed by atoms with Gasteiger partial charge < -0.3 is 30.5 Å². The number of rotatable bonds is 6. The molecule has 2 saturated heterocycles. The standard InChI is InChI=1S/C22H23N5O6/c23-19(24)13-1-3-14(4-2-13)25-20(29)17(28)18-21(30)26(9-11-32-18)15-5-7-16(8-6-15)27-10-12-33-22(27)31/h1-8,17-18,28H,9-12H2,(H3,23,24)(H,25,29)/t17-,18-/m1/s1. The van der Waals surface area contributed by atoms with Crippen molar-refractivity contribution >= 4 is 40.8 Å². The van der Waals surface area contributed by atoms with Crippen LogP contribution in [0.3, 0.4) is 0 Å². The number of hydrogen-bond acceptors (Lipinski definition) is 7. The Labute approximate surface area is 189 Å². The van der Waals surface area contributed by atoms with Crippen molar-refractivity contribution in [3.05, 3.63) is 54.1 Å². The Morgan fingerprint density at radius 1 is 1.03 bits per heavy atom. The van der Waals surface area contributed by atoms with Crippen molar-refractivity contribution in [2.75, 3.05) is 41.4 Å². The summed E-state index contributed by atoms with van der Waals surface area (Å²) in [5, 5.41) is 20.4. The first-order valence-corrected chi connectivity index (χ1v) is 10.3. The topological polar surface area (TPSA) is 158 Å². The summed E-state index contributed by atoms with van der Waals surface area (Å²) < 4.78 is 10.3. The van der Waals surface area contributed by atoms with Crippen LogP contribution in [-0.4, -0.2) is 67.4 Å². The maximum absolute atomic E-state index is 13.0. The monoisotopic (exact) mass is 453 g/mol. The lowest BCUT2D eigenvalue weighted by Gasteiger charge is -2.34. The molecule has 5 N–H and O–H groups in total. The number of morpholine rings is 1. The molecule has 2 fully saturated rings. The number of cyclic esters (lactones) is 1. The van der Waals surface area contributed by atoms with Gasteiger partial charge in [0.2, 0.25) is 0 Å². The number of aliphatic hydroxyl groups excluding tert-OH is 1. The molecule has 2 aliphatic rings. The van der Waals surface area contributed by atoms with Crippen molar-refractivity contribution in [3.8, 4) is 0 Å². The second kappa shape index (κ2) is 9.27. The number of aliphatic hydroxyl groups is 1. The summed E-state index contributed by atoms with van der Waals surface area (Å²) in [6.45, 7) is 1.16. The molecule has 2 heterocycles. The van der Waals surface area contributed by atoms with Crippen molar-refractivity contribution in [3.63, 3.8) is 0 Å². The average molecular weight is 453 g/mol. The van der Waals surface area contributed by atoms with Crippen LogP contribution in [-0.2, 0) is 19.1 Å². The molecular weight excluding hydrogens is 430 g/mol. The molecule has 3 amide bonds. The molecule has 33 heavy (non-hydrogen) atoms. The van der Waals surface area contributed by atoms with Gasteiger partial charge in [-0.3, -0.25) is 19.9 Å². The van der Waals surface area contributed by atoms with E-state index in [1.165, 1.54) is 21.9 Å². The summed E-state index contributed by atoms with van der Waals surface area (Å²) >= 11 is 0. The fourth-order valence-electron chi connectivity index (χ4n) is 3.62. The van der Waals surface area contributed by atoms with E-state index in [0.29, 0.717) is 35.8 Å². The third-order valence-electron chi connectivity index (χ3n) is 5.37. The Bertz CT molecular complexity index is 1070. The highest BCUT2D eigenvalue weighted by Gasteiger charge is 2.39. The van der Waals surface area contributed by atoms with Crippen LogP contribution in [0, 0.1) is 5.41 Å². The Kier molecular flexibility index (Phi) is 6.24. The van der Waals surface area contributed by atoms with Gasteiger partial charge in [0.05, 0.1) is 13.2 Å². The minimum Gasteiger partial charge on any atom is -0.447 e. The smallest absolute Gasteiger partial charge is 0.414 e. The number of nitrogens with two attached hydrogens (primary N) is 1. The van der Waals surface area contributed by atoms with E-state index in [0.717, 1.165) is 0 Å². The number of carbonyl (C=O) groups excluding carboxylic acids is 3. The molecule has 0 spiro atoms. The minimum absolute atomic E-state index is 0.109. The van der Waals surface area contributed by atoms with Gasteiger partial charge in [0.15, 0.2) is 12.2 Å². The molecule has 0 unspecified atom stereocenters. The van der Waals surface area contributed by atoms with E-state index in [-0.39, 0.29) is 19.0 Å². The summed E-state index contributed by atoms with van der Waals surface area (Å²) in [6, 6.07) is 13.0. The van der Waals surface area contributed by atoms with Gasteiger partial charge in [-0.05, 0) is 48.5 Å². The summed E-state index contributed by atoms with van der Waals surface area (Å²) in [5.74, 6) is -1.46. The highest BCUT2D eigenvalue weighted by Crippen LogP contribution is 2.26. The maximum Gasteiger partial charge on any atom is 0.414 e. The van der Waals surface area contributed by atoms with Gasteiger partial charge in [0.1, 0.15) is 12.4 Å². The molecule has 11 heteroatoms. The van der Waals surface area contributed by atoms with Gasteiger partial charge in [-0.1, -0.05) is 0 Å². The summed E-state index contributed by atoms with van der Waals surface area (Å²) in [4.78, 5) is 40.1. The zero-order valence-corrected chi connectivity index (χ0v) is 17.6. The fourth-order valence-corrected chi connectivity index (χ4v) is 3.62. The number of anilines is 3. The Morgan fingerprint density at radius 3 is 2.21 bits per heavy atom. The minimum atomic E-state index is -1.73. The Balaban J connectivity index is 1.42. The van der Waals surface area contributed by atoms with Crippen LogP contribution < -0.4 is 20.9 Å². The first kappa shape index (κ1) is 22.2. The number of amides is 3. The quantitative estimate of drug-likeness (QED) is 0.369. The first-order chi connectivity index (χ1) is 15.8. The Hall–Kier alpha value is -3.96. The summed E-state index contributed by atoms with van der Waals surface area (Å²) in [6.07, 6.45) is -3.52. The second-order valence-electron chi connectivity index (χ2n) is 7.49. The number of nitrogen functional groups attached to an aromatic ring is 1. The van der Waals surface area contributed by atoms with E-state index in [1.807, 2.05) is 0 Å². The van der Waals surface area contributed by atoms with Gasteiger partial charge in [-0.2, -0.15) is 0 Å². The normalized spacial score (nSPS) is 19.2. The lowest BCUT2D eigenvalue weighted by atomic mass is 10.1. The summed E-state index contributed by atoms with van der Waals surface area (Å²) in [5.41, 5.74) is 7.47. The number of nitrogens with zero attached hydrogens (tertiary/aromatic N) is 2. The number of carbonyl (C=O) groups is 3. The summed E-state index contributed by atoms with van der Waals surface area (Å²) in [7, 11) is 0. The fraction of sp³-hybridized carbons (Fsp3) is 0.273. The van der Waals surface area contributed by atoms with Gasteiger partial charge in [-0.25, -0.2) is 4.79 Å². The highest BCUT2D eigenvalue weighted by atomic mass is 16.6. The SMILES string of the molecule is N=C(N)c1ccc(NC(=O)[C@H](O)[C@H]2OCCN(c3ccc(N4CCOC4=O)cc3)C2=O)cc1. The predicted octanol–water partition coefficient (Wildman–Crippen LogP) is 0.659. The largest absolute Gasteiger partial charge is 0.447 e. The van der Waals surface area contributed by atoms with Crippen molar-refractivity contribution in [2.45, 2.75) is 12.2 Å². The second-order valence-corrected chi connectivity index (χ2v) is 7.49. The number of amidine groups is 1. The number of hydrogen-bond donors (Lipinski definition) is 4. The van der Waals surface area contributed by atoms with Crippen LogP contribution in [0.15, 0.2) is 48.5 Å². The van der Waals surface area contributed by atoms with Gasteiger partial charge >= 0.3 is 6.09 Å². The first-order valence-electron chi connectivity index (χ1n) is 10.3. The molecule has 4 rings (SSSR count). The lowest BCUT2D eigenvalue weighted by molar-refractivity contribution is -0.150. The molecule has 0 aromatic heterocycles. The molecule has 2 aromatic carbocycles. The molecule has 172 valence electrons. The van der Waals surface area contributed by atoms with Gasteiger partial charge in [-0.15, -0.1) is 0 Å². The van der Waals surface area contributed by atoms with Crippen molar-refractivity contribution in [1.82, 2.24) is 0 Å². The zero-order chi connectivity index (χ0) is 23.5. The zero-order valence-electron chi connectivity index (χ0n) is 17.6. The van der Waals surface area contributed by atoms with Crippen LogP contribution >= 0.6 is 0 Å². The molecule has 0 radical (unpaired) electrons. The average Bonchev–Trinajstić information content (AvgIpc) is 3.25. The van der Waals surface area contributed by atoms with Crippen molar-refractivity contribution in [1.29, 1.82) is 5.41 Å². The van der Waals surface area contributed by atoms with Gasteiger partial charge in [0.25, 0.3) is 11.8 Å². The van der Waals surface area contributed by atoms with Crippen molar-refractivity contribution < 1.29 is 29.0 Å². The van der Waals surface area contributed by atoms with Crippen LogP contribution in [0.4, 0.5) is 21.9 Å². The molecule has 2 atom stereocenters. The van der Waals surface area contributed by atoms with Crippen molar-refractivity contribution in [2.24, 2.45) is 5.73 Å². The maximum atomic E-state index is 13.0. The third kappa shape index (κ3) is 4.64. The van der Waals surface area contributed by atoms with Gasteiger partial charge in [0, 0.05) is 29.2 Å². The third-order valence-corrected chi connectivity index (χ3v) is 5.37. The molecular formula is C22H23N5O6. The van der Waals surface area contributed by atoms with Crippen LogP contribution in [0.1, 0.15) is 5.56 Å². The predicted molar refractivity (Wildman–Crippen MR) is 119 cm³/mol.